The Balaban J connectivity index is 1.19. The Morgan fingerprint density at radius 2 is 1.85 bits per heavy atom. The third-order valence-corrected chi connectivity index (χ3v) is 13.3. The number of fused-ring (bicyclic) bond motifs is 3. The van der Waals surface area contributed by atoms with E-state index in [0.29, 0.717) is 37.1 Å². The highest BCUT2D eigenvalue weighted by molar-refractivity contribution is 7.91. The van der Waals surface area contributed by atoms with Crippen LogP contribution in [-0.4, -0.2) is 107 Å². The van der Waals surface area contributed by atoms with Crippen LogP contribution >= 0.6 is 0 Å². The summed E-state index contributed by atoms with van der Waals surface area (Å²) in [5.41, 5.74) is -0.291. The van der Waals surface area contributed by atoms with E-state index in [9.17, 15) is 36.0 Å². The molecule has 2 aliphatic carbocycles. The zero-order chi connectivity index (χ0) is 34.4. The third-order valence-electron chi connectivity index (χ3n) is 9.70. The van der Waals surface area contributed by atoms with Crippen molar-refractivity contribution in [1.29, 1.82) is 0 Å². The van der Waals surface area contributed by atoms with Gasteiger partial charge in [0.25, 0.3) is 5.91 Å². The SMILES string of the molecule is CN(C)S(=O)(=O)c1ccc2c(c1)CCN2C(=O)OC1CC2C(=O)NC3(C(=O)NS(=O)(=O)C4CC4)CC3/C=C\CCCCCNC(=O)N2C1. The maximum absolute atomic E-state index is 13.9. The van der Waals surface area contributed by atoms with Crippen molar-refractivity contribution in [2.24, 2.45) is 5.92 Å². The minimum atomic E-state index is -3.87. The van der Waals surface area contributed by atoms with Gasteiger partial charge in [0.2, 0.25) is 26.0 Å². The first-order chi connectivity index (χ1) is 22.7. The van der Waals surface area contributed by atoms with E-state index in [1.165, 1.54) is 30.0 Å². The summed E-state index contributed by atoms with van der Waals surface area (Å²) in [5, 5.41) is 5.01. The van der Waals surface area contributed by atoms with Crippen molar-refractivity contribution in [1.82, 2.24) is 24.6 Å². The summed E-state index contributed by atoms with van der Waals surface area (Å²) in [7, 11) is -4.64. The molecule has 0 spiro atoms. The second-order valence-electron chi connectivity index (χ2n) is 13.3. The summed E-state index contributed by atoms with van der Waals surface area (Å²) in [4.78, 5) is 56.8. The molecular weight excluding hydrogens is 665 g/mol. The standard InChI is InChI=1S/C31H42N6O9S2/c1-35(2)48(44,45)24-11-12-25-20(16-24)13-15-36(25)30(41)46-22-17-26-27(38)33-31(28(39)34-47(42,43)23-9-10-23)18-21(31)8-6-4-3-5-7-14-32-29(40)37(26)19-22/h6,8,11-12,16,21-23,26H,3-5,7,9-10,13-15,17-19H2,1-2H3,(H,32,40)(H,33,38)(H,34,39)/b8-6-. The normalized spacial score (nSPS) is 28.6. The maximum atomic E-state index is 13.9. The number of amides is 5. The number of rotatable bonds is 6. The van der Waals surface area contributed by atoms with Gasteiger partial charge >= 0.3 is 12.1 Å². The fraction of sp³-hybridized carbons (Fsp3) is 0.613. The fourth-order valence-electron chi connectivity index (χ4n) is 6.59. The topological polar surface area (TPSA) is 192 Å². The van der Waals surface area contributed by atoms with Crippen molar-refractivity contribution >= 4 is 49.7 Å². The lowest BCUT2D eigenvalue weighted by molar-refractivity contribution is -0.131. The second kappa shape index (κ2) is 13.0. The molecule has 3 N–H and O–H groups in total. The minimum Gasteiger partial charge on any atom is -0.444 e. The highest BCUT2D eigenvalue weighted by atomic mass is 32.2. The largest absolute Gasteiger partial charge is 0.444 e. The van der Waals surface area contributed by atoms with Crippen LogP contribution in [0, 0.1) is 5.92 Å². The predicted molar refractivity (Wildman–Crippen MR) is 174 cm³/mol. The van der Waals surface area contributed by atoms with E-state index in [2.05, 4.69) is 15.4 Å². The first-order valence-electron chi connectivity index (χ1n) is 16.4. The summed E-state index contributed by atoms with van der Waals surface area (Å²) in [6.45, 7) is 0.577. The molecule has 17 heteroatoms. The summed E-state index contributed by atoms with van der Waals surface area (Å²) < 4.78 is 59.6. The van der Waals surface area contributed by atoms with Crippen molar-refractivity contribution in [3.8, 4) is 0 Å². The van der Waals surface area contributed by atoms with Crippen LogP contribution in [0.5, 0.6) is 0 Å². The van der Waals surface area contributed by atoms with Gasteiger partial charge in [0.1, 0.15) is 17.7 Å². The molecule has 2 saturated carbocycles. The number of carbonyl (C=O) groups excluding carboxylic acids is 4. The quantitative estimate of drug-likeness (QED) is 0.365. The minimum absolute atomic E-state index is 0.0374. The van der Waals surface area contributed by atoms with Gasteiger partial charge < -0.3 is 20.3 Å². The van der Waals surface area contributed by atoms with E-state index in [0.717, 1.165) is 30.0 Å². The molecule has 3 aliphatic heterocycles. The zero-order valence-electron chi connectivity index (χ0n) is 27.0. The van der Waals surface area contributed by atoms with Crippen LogP contribution in [-0.2, 0) is 40.8 Å². The van der Waals surface area contributed by atoms with Crippen LogP contribution in [0.15, 0.2) is 35.2 Å². The van der Waals surface area contributed by atoms with Gasteiger partial charge in [0.05, 0.1) is 22.4 Å². The molecule has 48 heavy (non-hydrogen) atoms. The Morgan fingerprint density at radius 1 is 1.08 bits per heavy atom. The lowest BCUT2D eigenvalue weighted by Gasteiger charge is -2.26. The number of hydrogen-bond donors (Lipinski definition) is 3. The van der Waals surface area contributed by atoms with E-state index >= 15 is 0 Å². The average Bonchev–Trinajstić information content (AvgIpc) is 3.92. The van der Waals surface area contributed by atoms with Crippen molar-refractivity contribution in [3.05, 3.63) is 35.9 Å². The van der Waals surface area contributed by atoms with E-state index in [1.807, 2.05) is 12.2 Å². The molecule has 1 saturated heterocycles. The Morgan fingerprint density at radius 3 is 2.58 bits per heavy atom. The Kier molecular flexibility index (Phi) is 9.23. The van der Waals surface area contributed by atoms with E-state index in [1.54, 1.807) is 12.1 Å². The van der Waals surface area contributed by atoms with Crippen LogP contribution in [0.4, 0.5) is 15.3 Å². The molecule has 0 bridgehead atoms. The molecule has 3 heterocycles. The molecule has 4 atom stereocenters. The molecule has 1 aromatic carbocycles. The van der Waals surface area contributed by atoms with Gasteiger partial charge in [-0.15, -0.1) is 0 Å². The predicted octanol–water partition coefficient (Wildman–Crippen LogP) is 1.20. The Bertz CT molecular complexity index is 1740. The zero-order valence-corrected chi connectivity index (χ0v) is 28.6. The van der Waals surface area contributed by atoms with Crippen molar-refractivity contribution < 1.29 is 40.8 Å². The molecule has 15 nitrogen and oxygen atoms in total. The highest BCUT2D eigenvalue weighted by Gasteiger charge is 2.62. The molecule has 4 unspecified atom stereocenters. The third kappa shape index (κ3) is 6.76. The first kappa shape index (κ1) is 34.2. The highest BCUT2D eigenvalue weighted by Crippen LogP contribution is 2.46. The van der Waals surface area contributed by atoms with Gasteiger partial charge in [-0.3, -0.25) is 19.2 Å². The number of ether oxygens (including phenoxy) is 1. The summed E-state index contributed by atoms with van der Waals surface area (Å²) in [6.07, 6.45) is 6.95. The number of urea groups is 1. The van der Waals surface area contributed by atoms with Gasteiger partial charge in [-0.25, -0.2) is 30.7 Å². The van der Waals surface area contributed by atoms with Crippen LogP contribution in [0.25, 0.3) is 0 Å². The van der Waals surface area contributed by atoms with Gasteiger partial charge in [0.15, 0.2) is 0 Å². The molecule has 0 aromatic heterocycles. The molecule has 0 radical (unpaired) electrons. The molecule has 6 rings (SSSR count). The number of nitrogens with zero attached hydrogens (tertiary/aromatic N) is 3. The number of hydrogen-bond acceptors (Lipinski definition) is 9. The first-order valence-corrected chi connectivity index (χ1v) is 19.3. The monoisotopic (exact) mass is 706 g/mol. The van der Waals surface area contributed by atoms with Gasteiger partial charge in [-0.05, 0) is 68.7 Å². The molecule has 3 fully saturated rings. The van der Waals surface area contributed by atoms with E-state index in [4.69, 9.17) is 4.74 Å². The summed E-state index contributed by atoms with van der Waals surface area (Å²) in [6, 6.07) is 2.94. The van der Waals surface area contributed by atoms with E-state index < -0.39 is 72.8 Å². The lowest BCUT2D eigenvalue weighted by atomic mass is 10.1. The number of nitrogens with one attached hydrogen (secondary N) is 3. The van der Waals surface area contributed by atoms with Gasteiger partial charge in [-0.1, -0.05) is 18.6 Å². The van der Waals surface area contributed by atoms with Crippen LogP contribution < -0.4 is 20.3 Å². The van der Waals surface area contributed by atoms with Crippen LogP contribution in [0.1, 0.15) is 56.9 Å². The molecular formula is C31H42N6O9S2. The number of sulfonamides is 2. The molecule has 5 amide bonds. The molecule has 262 valence electrons. The number of allylic oxidation sites excluding steroid dienone is 1. The van der Waals surface area contributed by atoms with Crippen molar-refractivity contribution in [2.45, 2.75) is 85.6 Å². The Labute approximate surface area is 280 Å². The maximum Gasteiger partial charge on any atom is 0.414 e. The smallest absolute Gasteiger partial charge is 0.414 e. The second-order valence-corrected chi connectivity index (χ2v) is 17.5. The average molecular weight is 707 g/mol. The van der Waals surface area contributed by atoms with Crippen molar-refractivity contribution in [2.75, 3.05) is 38.6 Å². The Hall–Kier alpha value is -3.70. The van der Waals surface area contributed by atoms with Gasteiger partial charge in [-0.2, -0.15) is 0 Å². The number of anilines is 1. The fourth-order valence-corrected chi connectivity index (χ4v) is 8.91. The number of benzene rings is 1. The van der Waals surface area contributed by atoms with Crippen LogP contribution in [0.3, 0.4) is 0 Å². The van der Waals surface area contributed by atoms with E-state index in [-0.39, 0.29) is 30.8 Å². The van der Waals surface area contributed by atoms with Crippen molar-refractivity contribution in [3.63, 3.8) is 0 Å². The molecule has 5 aliphatic rings. The van der Waals surface area contributed by atoms with Crippen LogP contribution in [0.2, 0.25) is 0 Å². The molecule has 1 aromatic rings. The lowest BCUT2D eigenvalue weighted by Crippen LogP contribution is -2.57. The number of carbonyl (C=O) groups is 4. The summed E-state index contributed by atoms with van der Waals surface area (Å²) in [5.74, 6) is -1.86. The van der Waals surface area contributed by atoms with Gasteiger partial charge in [0, 0.05) is 39.5 Å². The summed E-state index contributed by atoms with van der Waals surface area (Å²) >= 11 is 0.